The summed E-state index contributed by atoms with van der Waals surface area (Å²) < 4.78 is 0. The van der Waals surface area contributed by atoms with Gasteiger partial charge in [-0.2, -0.15) is 0 Å². The minimum Gasteiger partial charge on any atom is -0.368 e. The molecule has 0 radical (unpaired) electrons. The molecular weight excluding hydrogens is 200 g/mol. The van der Waals surface area contributed by atoms with Crippen molar-refractivity contribution in [1.29, 1.82) is 0 Å². The SMILES string of the molecule is CCN1CCCC1CNc1cc(C)ncn1. The summed E-state index contributed by atoms with van der Waals surface area (Å²) in [5.74, 6) is 0.940. The van der Waals surface area contributed by atoms with E-state index in [-0.39, 0.29) is 0 Å². The highest BCUT2D eigenvalue weighted by Gasteiger charge is 2.22. The molecule has 0 aromatic carbocycles. The van der Waals surface area contributed by atoms with Crippen molar-refractivity contribution in [2.24, 2.45) is 0 Å². The number of anilines is 1. The average Bonchev–Trinajstić information content (AvgIpc) is 2.74. The van der Waals surface area contributed by atoms with E-state index in [4.69, 9.17) is 0 Å². The molecule has 1 aliphatic heterocycles. The monoisotopic (exact) mass is 220 g/mol. The third-order valence-electron chi connectivity index (χ3n) is 3.23. The van der Waals surface area contributed by atoms with Crippen molar-refractivity contribution in [3.63, 3.8) is 0 Å². The van der Waals surface area contributed by atoms with Crippen LogP contribution in [0.1, 0.15) is 25.5 Å². The van der Waals surface area contributed by atoms with Crippen LogP contribution in [-0.4, -0.2) is 40.5 Å². The van der Waals surface area contributed by atoms with E-state index in [0.717, 1.165) is 24.6 Å². The lowest BCUT2D eigenvalue weighted by molar-refractivity contribution is 0.277. The van der Waals surface area contributed by atoms with Gasteiger partial charge in [0.1, 0.15) is 12.1 Å². The van der Waals surface area contributed by atoms with Crippen molar-refractivity contribution < 1.29 is 0 Å². The molecule has 4 heteroatoms. The minimum absolute atomic E-state index is 0.667. The van der Waals surface area contributed by atoms with Gasteiger partial charge in [0.25, 0.3) is 0 Å². The van der Waals surface area contributed by atoms with Crippen molar-refractivity contribution in [2.45, 2.75) is 32.7 Å². The third kappa shape index (κ3) is 2.70. The maximum atomic E-state index is 4.21. The fourth-order valence-electron chi connectivity index (χ4n) is 2.32. The van der Waals surface area contributed by atoms with Crippen LogP contribution in [0, 0.1) is 6.92 Å². The lowest BCUT2D eigenvalue weighted by Gasteiger charge is -2.23. The first-order chi connectivity index (χ1) is 7.79. The summed E-state index contributed by atoms with van der Waals surface area (Å²) in [6.07, 6.45) is 4.23. The van der Waals surface area contributed by atoms with Gasteiger partial charge in [0, 0.05) is 24.3 Å². The van der Waals surface area contributed by atoms with E-state index in [9.17, 15) is 0 Å². The van der Waals surface area contributed by atoms with Crippen LogP contribution < -0.4 is 5.32 Å². The Bertz CT molecular complexity index is 340. The van der Waals surface area contributed by atoms with Crippen molar-refractivity contribution in [2.75, 3.05) is 25.0 Å². The number of likely N-dealkylation sites (tertiary alicyclic amines) is 1. The van der Waals surface area contributed by atoms with E-state index in [1.807, 2.05) is 13.0 Å². The highest BCUT2D eigenvalue weighted by atomic mass is 15.2. The first kappa shape index (κ1) is 11.3. The predicted molar refractivity (Wildman–Crippen MR) is 65.5 cm³/mol. The zero-order chi connectivity index (χ0) is 11.4. The highest BCUT2D eigenvalue weighted by Crippen LogP contribution is 2.16. The molecule has 0 bridgehead atoms. The Hall–Kier alpha value is -1.16. The van der Waals surface area contributed by atoms with E-state index < -0.39 is 0 Å². The Morgan fingerprint density at radius 3 is 3.12 bits per heavy atom. The molecule has 2 heterocycles. The summed E-state index contributed by atoms with van der Waals surface area (Å²) >= 11 is 0. The molecule has 1 aliphatic rings. The number of nitrogens with one attached hydrogen (secondary N) is 1. The summed E-state index contributed by atoms with van der Waals surface area (Å²) in [4.78, 5) is 10.8. The standard InChI is InChI=1S/C12H20N4/c1-3-16-6-4-5-11(16)8-13-12-7-10(2)14-9-15-12/h7,9,11H,3-6,8H2,1-2H3,(H,13,14,15). The lowest BCUT2D eigenvalue weighted by Crippen LogP contribution is -2.34. The summed E-state index contributed by atoms with van der Waals surface area (Å²) in [5.41, 5.74) is 1.01. The second kappa shape index (κ2) is 5.25. The van der Waals surface area contributed by atoms with E-state index in [1.165, 1.54) is 19.4 Å². The zero-order valence-corrected chi connectivity index (χ0v) is 10.1. The van der Waals surface area contributed by atoms with E-state index in [2.05, 4.69) is 27.1 Å². The van der Waals surface area contributed by atoms with Crippen LogP contribution in [0.2, 0.25) is 0 Å². The molecule has 0 spiro atoms. The minimum atomic E-state index is 0.667. The largest absolute Gasteiger partial charge is 0.368 e. The number of rotatable bonds is 4. The molecule has 1 fully saturated rings. The van der Waals surface area contributed by atoms with Crippen LogP contribution in [0.3, 0.4) is 0 Å². The topological polar surface area (TPSA) is 41.0 Å². The molecule has 0 saturated carbocycles. The molecule has 4 nitrogen and oxygen atoms in total. The van der Waals surface area contributed by atoms with Gasteiger partial charge in [-0.1, -0.05) is 6.92 Å². The van der Waals surface area contributed by atoms with E-state index in [1.54, 1.807) is 6.33 Å². The molecule has 16 heavy (non-hydrogen) atoms. The van der Waals surface area contributed by atoms with Gasteiger partial charge in [-0.15, -0.1) is 0 Å². The first-order valence-electron chi connectivity index (χ1n) is 6.06. The fraction of sp³-hybridized carbons (Fsp3) is 0.667. The number of nitrogens with zero attached hydrogens (tertiary/aromatic N) is 3. The maximum Gasteiger partial charge on any atom is 0.129 e. The van der Waals surface area contributed by atoms with Crippen LogP contribution >= 0.6 is 0 Å². The summed E-state index contributed by atoms with van der Waals surface area (Å²) in [6, 6.07) is 2.66. The molecule has 0 amide bonds. The number of likely N-dealkylation sites (N-methyl/N-ethyl adjacent to an activating group) is 1. The van der Waals surface area contributed by atoms with Gasteiger partial charge >= 0.3 is 0 Å². The first-order valence-corrected chi connectivity index (χ1v) is 6.06. The molecular formula is C12H20N4. The van der Waals surface area contributed by atoms with Gasteiger partial charge in [-0.05, 0) is 32.9 Å². The van der Waals surface area contributed by atoms with E-state index in [0.29, 0.717) is 6.04 Å². The molecule has 88 valence electrons. The van der Waals surface area contributed by atoms with Gasteiger partial charge < -0.3 is 5.32 Å². The van der Waals surface area contributed by atoms with Crippen LogP contribution in [-0.2, 0) is 0 Å². The molecule has 1 N–H and O–H groups in total. The van der Waals surface area contributed by atoms with Gasteiger partial charge in [0.15, 0.2) is 0 Å². The third-order valence-corrected chi connectivity index (χ3v) is 3.23. The van der Waals surface area contributed by atoms with Crippen molar-refractivity contribution >= 4 is 5.82 Å². The van der Waals surface area contributed by atoms with Gasteiger partial charge in [0.2, 0.25) is 0 Å². The average molecular weight is 220 g/mol. The van der Waals surface area contributed by atoms with Crippen molar-refractivity contribution in [1.82, 2.24) is 14.9 Å². The molecule has 0 aliphatic carbocycles. The molecule has 2 rings (SSSR count). The Morgan fingerprint density at radius 1 is 1.50 bits per heavy atom. The summed E-state index contributed by atoms with van der Waals surface area (Å²) in [5, 5.41) is 3.40. The normalized spacial score (nSPS) is 21.2. The summed E-state index contributed by atoms with van der Waals surface area (Å²) in [6.45, 7) is 7.60. The second-order valence-corrected chi connectivity index (χ2v) is 4.35. The number of aromatic nitrogens is 2. The quantitative estimate of drug-likeness (QED) is 0.838. The lowest BCUT2D eigenvalue weighted by atomic mass is 10.2. The van der Waals surface area contributed by atoms with E-state index >= 15 is 0 Å². The maximum absolute atomic E-state index is 4.21. The molecule has 1 aromatic heterocycles. The Morgan fingerprint density at radius 2 is 2.38 bits per heavy atom. The van der Waals surface area contributed by atoms with Gasteiger partial charge in [0.05, 0.1) is 0 Å². The number of aryl methyl sites for hydroxylation is 1. The second-order valence-electron chi connectivity index (χ2n) is 4.35. The van der Waals surface area contributed by atoms with Crippen LogP contribution in [0.5, 0.6) is 0 Å². The Labute approximate surface area is 97.1 Å². The zero-order valence-electron chi connectivity index (χ0n) is 10.1. The number of hydrogen-bond donors (Lipinski definition) is 1. The van der Waals surface area contributed by atoms with Crippen molar-refractivity contribution in [3.05, 3.63) is 18.1 Å². The fourth-order valence-corrected chi connectivity index (χ4v) is 2.32. The number of hydrogen-bond acceptors (Lipinski definition) is 4. The molecule has 1 aromatic rings. The predicted octanol–water partition coefficient (Wildman–Crippen LogP) is 1.68. The van der Waals surface area contributed by atoms with Crippen molar-refractivity contribution in [3.8, 4) is 0 Å². The van der Waals surface area contributed by atoms with Crippen LogP contribution in [0.25, 0.3) is 0 Å². The Balaban J connectivity index is 1.87. The Kier molecular flexibility index (Phi) is 3.72. The van der Waals surface area contributed by atoms with Crippen LogP contribution in [0.4, 0.5) is 5.82 Å². The molecule has 1 atom stereocenters. The van der Waals surface area contributed by atoms with Crippen LogP contribution in [0.15, 0.2) is 12.4 Å². The molecule has 1 saturated heterocycles. The molecule has 1 unspecified atom stereocenters. The highest BCUT2D eigenvalue weighted by molar-refractivity contribution is 5.34. The smallest absolute Gasteiger partial charge is 0.129 e. The van der Waals surface area contributed by atoms with Gasteiger partial charge in [-0.3, -0.25) is 4.90 Å². The summed E-state index contributed by atoms with van der Waals surface area (Å²) in [7, 11) is 0. The van der Waals surface area contributed by atoms with Gasteiger partial charge in [-0.25, -0.2) is 9.97 Å².